The molecule has 0 bridgehead atoms. The normalized spacial score (nSPS) is 11.2. The van der Waals surface area contributed by atoms with Gasteiger partial charge in [0.05, 0.1) is 6.54 Å². The molecule has 15 heavy (non-hydrogen) atoms. The van der Waals surface area contributed by atoms with E-state index < -0.39 is 0 Å². The van der Waals surface area contributed by atoms with Gasteiger partial charge >= 0.3 is 0 Å². The Bertz CT molecular complexity index is 502. The van der Waals surface area contributed by atoms with Gasteiger partial charge in [0.2, 0.25) is 0 Å². The van der Waals surface area contributed by atoms with Gasteiger partial charge in [0, 0.05) is 15.4 Å². The van der Waals surface area contributed by atoms with Crippen LogP contribution in [-0.4, -0.2) is 7.05 Å². The predicted molar refractivity (Wildman–Crippen MR) is 66.2 cm³/mol. The monoisotopic (exact) mass is 267 g/mol. The van der Waals surface area contributed by atoms with Gasteiger partial charge in [-0.1, -0.05) is 22.0 Å². The van der Waals surface area contributed by atoms with E-state index in [0.717, 1.165) is 22.4 Å². The Balaban J connectivity index is 2.75. The van der Waals surface area contributed by atoms with E-state index in [1.807, 2.05) is 7.05 Å². The minimum absolute atomic E-state index is 0.770. The average Bonchev–Trinajstić information content (AvgIpc) is 2.53. The highest BCUT2D eigenvalue weighted by Crippen LogP contribution is 2.33. The molecule has 0 amide bonds. The summed E-state index contributed by atoms with van der Waals surface area (Å²) in [5.41, 5.74) is 3.39. The summed E-state index contributed by atoms with van der Waals surface area (Å²) in [5.74, 6) is 1.02. The van der Waals surface area contributed by atoms with Gasteiger partial charge in [0.25, 0.3) is 0 Å². The van der Waals surface area contributed by atoms with Crippen LogP contribution < -0.4 is 5.32 Å². The first-order valence-corrected chi connectivity index (χ1v) is 5.76. The van der Waals surface area contributed by atoms with Gasteiger partial charge < -0.3 is 9.73 Å². The van der Waals surface area contributed by atoms with Crippen molar-refractivity contribution < 1.29 is 4.42 Å². The molecule has 1 heterocycles. The Kier molecular flexibility index (Phi) is 2.85. The van der Waals surface area contributed by atoms with Crippen LogP contribution >= 0.6 is 15.9 Å². The smallest absolute Gasteiger partial charge is 0.138 e. The molecule has 2 aromatic rings. The standard InChI is InChI=1S/C12H14BrNO/c1-7-4-5-9(13)11-8(2)10(6-14-3)15-12(7)11/h4-5,14H,6H2,1-3H3. The number of fused-ring (bicyclic) bond motifs is 1. The third-order valence-corrected chi connectivity index (χ3v) is 3.32. The lowest BCUT2D eigenvalue weighted by atomic mass is 10.1. The molecule has 1 aromatic heterocycles. The van der Waals surface area contributed by atoms with Crippen LogP contribution in [0.1, 0.15) is 16.9 Å². The summed E-state index contributed by atoms with van der Waals surface area (Å²) in [4.78, 5) is 0. The molecule has 0 radical (unpaired) electrons. The first kappa shape index (κ1) is 10.7. The fourth-order valence-electron chi connectivity index (χ4n) is 1.81. The zero-order valence-electron chi connectivity index (χ0n) is 9.15. The second-order valence-corrected chi connectivity index (χ2v) is 4.60. The third kappa shape index (κ3) is 1.70. The van der Waals surface area contributed by atoms with Crippen molar-refractivity contribution in [3.63, 3.8) is 0 Å². The van der Waals surface area contributed by atoms with Gasteiger partial charge in [-0.05, 0) is 32.5 Å². The van der Waals surface area contributed by atoms with Crippen molar-refractivity contribution in [3.05, 3.63) is 33.5 Å². The minimum atomic E-state index is 0.770. The number of halogens is 1. The van der Waals surface area contributed by atoms with Gasteiger partial charge in [-0.2, -0.15) is 0 Å². The summed E-state index contributed by atoms with van der Waals surface area (Å²) >= 11 is 3.57. The lowest BCUT2D eigenvalue weighted by molar-refractivity contribution is 0.525. The minimum Gasteiger partial charge on any atom is -0.459 e. The van der Waals surface area contributed by atoms with Crippen molar-refractivity contribution in [3.8, 4) is 0 Å². The first-order valence-electron chi connectivity index (χ1n) is 4.97. The number of aryl methyl sites for hydroxylation is 2. The number of nitrogens with one attached hydrogen (secondary N) is 1. The molecule has 0 aliphatic rings. The number of furan rings is 1. The van der Waals surface area contributed by atoms with Crippen LogP contribution in [0.25, 0.3) is 11.0 Å². The van der Waals surface area contributed by atoms with Crippen LogP contribution in [0.5, 0.6) is 0 Å². The molecule has 1 N–H and O–H groups in total. The number of benzene rings is 1. The molecule has 2 nitrogen and oxygen atoms in total. The highest BCUT2D eigenvalue weighted by atomic mass is 79.9. The summed E-state index contributed by atoms with van der Waals surface area (Å²) < 4.78 is 6.96. The lowest BCUT2D eigenvalue weighted by Crippen LogP contribution is -2.04. The molecular formula is C12H14BrNO. The van der Waals surface area contributed by atoms with Crippen molar-refractivity contribution in [1.29, 1.82) is 0 Å². The first-order chi connectivity index (χ1) is 7.15. The summed E-state index contributed by atoms with van der Waals surface area (Å²) in [7, 11) is 1.93. The number of rotatable bonds is 2. The fraction of sp³-hybridized carbons (Fsp3) is 0.333. The van der Waals surface area contributed by atoms with Crippen molar-refractivity contribution in [2.45, 2.75) is 20.4 Å². The molecule has 0 saturated heterocycles. The largest absolute Gasteiger partial charge is 0.459 e. The molecule has 0 aliphatic heterocycles. The van der Waals surface area contributed by atoms with Crippen LogP contribution in [0, 0.1) is 13.8 Å². The Morgan fingerprint density at radius 2 is 2.07 bits per heavy atom. The topological polar surface area (TPSA) is 25.2 Å². The Hall–Kier alpha value is -0.800. The van der Waals surface area contributed by atoms with E-state index in [-0.39, 0.29) is 0 Å². The van der Waals surface area contributed by atoms with Gasteiger partial charge in [-0.3, -0.25) is 0 Å². The lowest BCUT2D eigenvalue weighted by Gasteiger charge is -1.97. The van der Waals surface area contributed by atoms with Crippen LogP contribution in [0.3, 0.4) is 0 Å². The van der Waals surface area contributed by atoms with E-state index in [1.54, 1.807) is 0 Å². The van der Waals surface area contributed by atoms with Crippen LogP contribution in [-0.2, 0) is 6.54 Å². The Morgan fingerprint density at radius 1 is 1.33 bits per heavy atom. The molecule has 3 heteroatoms. The fourth-order valence-corrected chi connectivity index (χ4v) is 2.42. The maximum atomic E-state index is 5.86. The average molecular weight is 268 g/mol. The van der Waals surface area contributed by atoms with Crippen molar-refractivity contribution >= 4 is 26.9 Å². The van der Waals surface area contributed by atoms with Crippen LogP contribution in [0.15, 0.2) is 21.0 Å². The summed E-state index contributed by atoms with van der Waals surface area (Å²) in [5, 5.41) is 4.31. The highest BCUT2D eigenvalue weighted by Gasteiger charge is 2.13. The quantitative estimate of drug-likeness (QED) is 0.901. The summed E-state index contributed by atoms with van der Waals surface area (Å²) in [6.45, 7) is 4.94. The molecule has 0 spiro atoms. The van der Waals surface area contributed by atoms with E-state index in [4.69, 9.17) is 4.42 Å². The SMILES string of the molecule is CNCc1oc2c(C)ccc(Br)c2c1C. The molecular weight excluding hydrogens is 254 g/mol. The molecule has 0 saturated carbocycles. The number of hydrogen-bond donors (Lipinski definition) is 1. The van der Waals surface area contributed by atoms with E-state index in [1.165, 1.54) is 16.5 Å². The Morgan fingerprint density at radius 3 is 2.67 bits per heavy atom. The molecule has 0 unspecified atom stereocenters. The molecule has 2 rings (SSSR count). The summed E-state index contributed by atoms with van der Waals surface area (Å²) in [6.07, 6.45) is 0. The van der Waals surface area contributed by atoms with Gasteiger partial charge in [-0.25, -0.2) is 0 Å². The van der Waals surface area contributed by atoms with Gasteiger partial charge in [-0.15, -0.1) is 0 Å². The van der Waals surface area contributed by atoms with Crippen LogP contribution in [0.2, 0.25) is 0 Å². The van der Waals surface area contributed by atoms with E-state index in [2.05, 4.69) is 47.2 Å². The van der Waals surface area contributed by atoms with E-state index in [9.17, 15) is 0 Å². The van der Waals surface area contributed by atoms with Crippen molar-refractivity contribution in [2.75, 3.05) is 7.05 Å². The maximum absolute atomic E-state index is 5.86. The zero-order valence-corrected chi connectivity index (χ0v) is 10.7. The van der Waals surface area contributed by atoms with E-state index in [0.29, 0.717) is 0 Å². The zero-order chi connectivity index (χ0) is 11.0. The second kappa shape index (κ2) is 3.99. The van der Waals surface area contributed by atoms with Crippen molar-refractivity contribution in [2.24, 2.45) is 0 Å². The maximum Gasteiger partial charge on any atom is 0.138 e. The highest BCUT2D eigenvalue weighted by molar-refractivity contribution is 9.10. The predicted octanol–water partition coefficient (Wildman–Crippen LogP) is 3.53. The molecule has 0 atom stereocenters. The van der Waals surface area contributed by atoms with Crippen LogP contribution in [0.4, 0.5) is 0 Å². The van der Waals surface area contributed by atoms with Gasteiger partial charge in [0.15, 0.2) is 0 Å². The summed E-state index contributed by atoms with van der Waals surface area (Å²) in [6, 6.07) is 4.14. The Labute approximate surface area is 97.8 Å². The molecule has 1 aromatic carbocycles. The number of hydrogen-bond acceptors (Lipinski definition) is 2. The second-order valence-electron chi connectivity index (χ2n) is 3.75. The van der Waals surface area contributed by atoms with Crippen molar-refractivity contribution in [1.82, 2.24) is 5.32 Å². The molecule has 80 valence electrons. The molecule has 0 fully saturated rings. The van der Waals surface area contributed by atoms with Gasteiger partial charge in [0.1, 0.15) is 11.3 Å². The van der Waals surface area contributed by atoms with E-state index >= 15 is 0 Å². The molecule has 0 aliphatic carbocycles. The third-order valence-electron chi connectivity index (χ3n) is 2.66.